The summed E-state index contributed by atoms with van der Waals surface area (Å²) in [7, 11) is 0. The molecule has 1 unspecified atom stereocenters. The molecule has 3 saturated carbocycles. The first-order chi connectivity index (χ1) is 18.3. The third-order valence-electron chi connectivity index (χ3n) is 11.5. The van der Waals surface area contributed by atoms with E-state index in [0.29, 0.717) is 24.9 Å². The summed E-state index contributed by atoms with van der Waals surface area (Å²) in [6.45, 7) is 5.59. The fourth-order valence-corrected chi connectivity index (χ4v) is 10.4. The minimum absolute atomic E-state index is 0.0881. The number of ether oxygens (including phenoxy) is 4. The third kappa shape index (κ3) is 2.89. The lowest BCUT2D eigenvalue weighted by Gasteiger charge is -2.61. The van der Waals surface area contributed by atoms with Gasteiger partial charge < -0.3 is 24.1 Å². The topological polar surface area (TPSA) is 75.0 Å². The van der Waals surface area contributed by atoms with Crippen LogP contribution in [0.3, 0.4) is 0 Å². The molecule has 2 saturated heterocycles. The number of aliphatic hydroxyl groups excluding tert-OH is 1. The second-order valence-corrected chi connectivity index (χ2v) is 13.8. The Kier molecular flexibility index (Phi) is 5.12. The highest BCUT2D eigenvalue weighted by molar-refractivity contribution is 9.10. The molecule has 8 heteroatoms. The summed E-state index contributed by atoms with van der Waals surface area (Å²) in [5.74, 6) is 0.225. The summed E-state index contributed by atoms with van der Waals surface area (Å²) < 4.78 is 27.6. The largest absolute Gasteiger partial charge is 0.393 e. The van der Waals surface area contributed by atoms with Crippen LogP contribution in [-0.2, 0) is 25.4 Å². The van der Waals surface area contributed by atoms with Crippen molar-refractivity contribution in [2.24, 2.45) is 28.6 Å². The number of aliphatic hydroxyl groups is 1. The molecule has 1 aromatic carbocycles. The van der Waals surface area contributed by atoms with Crippen LogP contribution < -0.4 is 0 Å². The van der Waals surface area contributed by atoms with Gasteiger partial charge in [0, 0.05) is 9.89 Å². The highest BCUT2D eigenvalue weighted by atomic mass is 79.9. The predicted octanol–water partition coefficient (Wildman–Crippen LogP) is 5.23. The Labute approximate surface area is 231 Å². The monoisotopic (exact) mass is 582 g/mol. The third-order valence-corrected chi connectivity index (χ3v) is 12.0. The molecule has 8 rings (SSSR count). The van der Waals surface area contributed by atoms with Crippen LogP contribution in [0.2, 0.25) is 0 Å². The highest BCUT2D eigenvalue weighted by Gasteiger charge is 2.76. The molecule has 2 aliphatic heterocycles. The molecule has 7 nitrogen and oxygen atoms in total. The van der Waals surface area contributed by atoms with Gasteiger partial charge in [0.05, 0.1) is 23.7 Å². The van der Waals surface area contributed by atoms with Crippen molar-refractivity contribution in [3.63, 3.8) is 0 Å². The van der Waals surface area contributed by atoms with Gasteiger partial charge in [-0.15, -0.1) is 0 Å². The quantitative estimate of drug-likeness (QED) is 0.496. The maximum atomic E-state index is 12.0. The minimum Gasteiger partial charge on any atom is -0.393 e. The molecule has 1 aromatic heterocycles. The first kappa shape index (κ1) is 24.3. The number of hydrogen-bond acceptors (Lipinski definition) is 6. The summed E-state index contributed by atoms with van der Waals surface area (Å²) in [4.78, 5) is 0. The van der Waals surface area contributed by atoms with E-state index in [9.17, 15) is 5.11 Å². The Morgan fingerprint density at radius 3 is 2.82 bits per heavy atom. The molecule has 5 fully saturated rings. The molecule has 202 valence electrons. The van der Waals surface area contributed by atoms with Crippen molar-refractivity contribution < 1.29 is 24.1 Å². The molecule has 2 aromatic rings. The zero-order valence-electron chi connectivity index (χ0n) is 22.0. The van der Waals surface area contributed by atoms with Crippen LogP contribution in [0.25, 0.3) is 11.8 Å². The molecular weight excluding hydrogens is 548 g/mol. The van der Waals surface area contributed by atoms with Gasteiger partial charge in [-0.2, -0.15) is 5.10 Å². The lowest BCUT2D eigenvalue weighted by Crippen LogP contribution is -2.66. The van der Waals surface area contributed by atoms with E-state index in [1.54, 1.807) is 0 Å². The van der Waals surface area contributed by atoms with Crippen LogP contribution in [0.4, 0.5) is 0 Å². The average molecular weight is 584 g/mol. The van der Waals surface area contributed by atoms with Crippen molar-refractivity contribution in [3.8, 4) is 5.69 Å². The van der Waals surface area contributed by atoms with Crippen LogP contribution >= 0.6 is 15.9 Å². The Hall–Kier alpha value is -1.55. The summed E-state index contributed by atoms with van der Waals surface area (Å²) in [6.07, 6.45) is 9.70. The molecule has 2 spiro atoms. The molecule has 38 heavy (non-hydrogen) atoms. The van der Waals surface area contributed by atoms with Crippen LogP contribution in [0.5, 0.6) is 0 Å². The number of aromatic nitrogens is 2. The van der Waals surface area contributed by atoms with E-state index in [1.807, 2.05) is 12.3 Å². The first-order valence-electron chi connectivity index (χ1n) is 14.0. The molecule has 8 atom stereocenters. The van der Waals surface area contributed by atoms with Crippen molar-refractivity contribution in [1.29, 1.82) is 0 Å². The first-order valence-corrected chi connectivity index (χ1v) is 14.8. The van der Waals surface area contributed by atoms with Gasteiger partial charge in [-0.05, 0) is 91.5 Å². The second kappa shape index (κ2) is 8.02. The van der Waals surface area contributed by atoms with Gasteiger partial charge in [-0.1, -0.05) is 41.4 Å². The van der Waals surface area contributed by atoms with E-state index >= 15 is 0 Å². The van der Waals surface area contributed by atoms with E-state index < -0.39 is 17.5 Å². The molecule has 6 aliphatic rings. The molecule has 3 heterocycles. The van der Waals surface area contributed by atoms with Gasteiger partial charge in [0.2, 0.25) is 5.79 Å². The molecule has 1 N–H and O–H groups in total. The Morgan fingerprint density at radius 1 is 1.13 bits per heavy atom. The lowest BCUT2D eigenvalue weighted by atomic mass is 9.45. The zero-order chi connectivity index (χ0) is 25.9. The van der Waals surface area contributed by atoms with Gasteiger partial charge in [-0.3, -0.25) is 0 Å². The lowest BCUT2D eigenvalue weighted by molar-refractivity contribution is -0.257. The number of fused-ring (bicyclic) bond motifs is 8. The molecular formula is C30H35BrN2O5. The SMILES string of the molecule is C[C@@]12Cc3cnn(-c4cccc(Br)c4)c3C=C1CC[C@H]1[C@H]2[C@H](O)C[C@]2(C)[C@@H]1CC[C@]21OCOC12COCO2. The van der Waals surface area contributed by atoms with Crippen LogP contribution in [0.1, 0.15) is 57.2 Å². The molecule has 0 amide bonds. The fourth-order valence-electron chi connectivity index (χ4n) is 9.97. The Balaban J connectivity index is 1.16. The van der Waals surface area contributed by atoms with E-state index in [4.69, 9.17) is 24.0 Å². The van der Waals surface area contributed by atoms with Crippen molar-refractivity contribution in [2.45, 2.75) is 69.9 Å². The van der Waals surface area contributed by atoms with Crippen LogP contribution in [0.15, 0.2) is 40.5 Å². The van der Waals surface area contributed by atoms with Gasteiger partial charge in [-0.25, -0.2) is 4.68 Å². The summed E-state index contributed by atoms with van der Waals surface area (Å²) >= 11 is 3.60. The number of allylic oxidation sites excluding steroid dienone is 1. The van der Waals surface area contributed by atoms with E-state index in [-0.39, 0.29) is 30.3 Å². The van der Waals surface area contributed by atoms with Gasteiger partial charge in [0.25, 0.3) is 0 Å². The predicted molar refractivity (Wildman–Crippen MR) is 143 cm³/mol. The molecule has 0 bridgehead atoms. The summed E-state index contributed by atoms with van der Waals surface area (Å²) in [5.41, 5.74) is 4.07. The number of hydrogen-bond donors (Lipinski definition) is 1. The standard InChI is InChI=1S/C30H35BrN2O5/c1-27-12-18-14-32-33(21-5-3-4-20(31)11-21)24(18)10-19(27)6-7-22-23-8-9-29(28(23,2)13-25(34)26(22)27)30(38-17-36-29)15-35-16-37-30/h3-5,10-11,14,22-23,25-26,34H,6-9,12-13,15-17H2,1-2H3/t22-,23-,25-,26+,27-,28-,29+,30?/m1/s1. The van der Waals surface area contributed by atoms with Crippen molar-refractivity contribution in [3.05, 3.63) is 51.8 Å². The molecule has 4 aliphatic carbocycles. The maximum absolute atomic E-state index is 12.0. The molecule has 0 radical (unpaired) electrons. The van der Waals surface area contributed by atoms with Crippen molar-refractivity contribution >= 4 is 22.0 Å². The van der Waals surface area contributed by atoms with E-state index in [2.05, 4.69) is 58.7 Å². The minimum atomic E-state index is -0.854. The summed E-state index contributed by atoms with van der Waals surface area (Å²) in [6, 6.07) is 8.30. The van der Waals surface area contributed by atoms with Gasteiger partial charge in [0.15, 0.2) is 13.6 Å². The van der Waals surface area contributed by atoms with E-state index in [0.717, 1.165) is 42.3 Å². The fraction of sp³-hybridized carbons (Fsp3) is 0.633. The second-order valence-electron chi connectivity index (χ2n) is 12.9. The van der Waals surface area contributed by atoms with Crippen LogP contribution in [0, 0.1) is 28.6 Å². The number of nitrogens with zero attached hydrogens (tertiary/aromatic N) is 2. The smallest absolute Gasteiger partial charge is 0.226 e. The number of rotatable bonds is 1. The van der Waals surface area contributed by atoms with Gasteiger partial charge >= 0.3 is 0 Å². The number of benzene rings is 1. The normalized spacial score (nSPS) is 45.1. The Bertz CT molecular complexity index is 1330. The average Bonchev–Trinajstić information content (AvgIpc) is 3.66. The van der Waals surface area contributed by atoms with E-state index in [1.165, 1.54) is 16.8 Å². The summed E-state index contributed by atoms with van der Waals surface area (Å²) in [5, 5.41) is 16.8. The highest BCUT2D eigenvalue weighted by Crippen LogP contribution is 2.71. The van der Waals surface area contributed by atoms with Crippen molar-refractivity contribution in [2.75, 3.05) is 20.2 Å². The van der Waals surface area contributed by atoms with Crippen molar-refractivity contribution in [1.82, 2.24) is 9.78 Å². The Morgan fingerprint density at radius 2 is 2.00 bits per heavy atom. The van der Waals surface area contributed by atoms with Crippen LogP contribution in [-0.4, -0.2) is 52.6 Å². The maximum Gasteiger partial charge on any atom is 0.226 e. The number of halogens is 1. The van der Waals surface area contributed by atoms with Gasteiger partial charge in [0.1, 0.15) is 12.2 Å². The zero-order valence-corrected chi connectivity index (χ0v) is 23.6.